The Morgan fingerprint density at radius 3 is 1.95 bits per heavy atom. The van der Waals surface area contributed by atoms with E-state index in [4.69, 9.17) is 0 Å². The Labute approximate surface area is 119 Å². The van der Waals surface area contributed by atoms with Gasteiger partial charge < -0.3 is 5.11 Å². The summed E-state index contributed by atoms with van der Waals surface area (Å²) in [6.45, 7) is 5.98. The number of aliphatic hydroxyl groups is 1. The van der Waals surface area contributed by atoms with Crippen LogP contribution < -0.4 is 0 Å². The van der Waals surface area contributed by atoms with Crippen molar-refractivity contribution in [3.8, 4) is 0 Å². The smallest absolute Gasteiger partial charge is 0.0631 e. The van der Waals surface area contributed by atoms with Crippen LogP contribution in [-0.4, -0.2) is 10.7 Å². The Bertz CT molecular complexity index is 332. The molecule has 0 radical (unpaired) electrons. The molecule has 1 aromatic rings. The topological polar surface area (TPSA) is 20.2 Å². The average molecular weight is 262 g/mol. The summed E-state index contributed by atoms with van der Waals surface area (Å²) >= 11 is 0. The van der Waals surface area contributed by atoms with Gasteiger partial charge in [0.1, 0.15) is 0 Å². The number of unbranched alkanes of at least 4 members (excludes halogenated alkanes) is 5. The van der Waals surface area contributed by atoms with E-state index in [1.807, 2.05) is 13.8 Å². The van der Waals surface area contributed by atoms with Crippen LogP contribution >= 0.6 is 0 Å². The molecule has 1 aromatic carbocycles. The van der Waals surface area contributed by atoms with Crippen molar-refractivity contribution in [3.63, 3.8) is 0 Å². The van der Waals surface area contributed by atoms with E-state index in [0.717, 1.165) is 6.42 Å². The summed E-state index contributed by atoms with van der Waals surface area (Å²) in [6, 6.07) is 8.75. The average Bonchev–Trinajstić information content (AvgIpc) is 2.34. The highest BCUT2D eigenvalue weighted by atomic mass is 16.3. The normalized spacial score (nSPS) is 11.8. The standard InChI is InChI=1S/C18H30O/c1-4-5-6-7-8-9-10-16-11-13-17(14-12-16)15-18(2,3)19/h11-14,19H,4-10,15H2,1-3H3. The van der Waals surface area contributed by atoms with Crippen LogP contribution in [0.25, 0.3) is 0 Å². The zero-order chi connectivity index (χ0) is 14.1. The van der Waals surface area contributed by atoms with E-state index in [1.165, 1.54) is 56.1 Å². The Balaban J connectivity index is 2.25. The van der Waals surface area contributed by atoms with Crippen molar-refractivity contribution >= 4 is 0 Å². The highest BCUT2D eigenvalue weighted by Gasteiger charge is 2.12. The van der Waals surface area contributed by atoms with Gasteiger partial charge in [-0.2, -0.15) is 0 Å². The van der Waals surface area contributed by atoms with Crippen molar-refractivity contribution in [3.05, 3.63) is 35.4 Å². The van der Waals surface area contributed by atoms with Crippen molar-refractivity contribution < 1.29 is 5.11 Å². The van der Waals surface area contributed by atoms with Gasteiger partial charge in [0.05, 0.1) is 5.60 Å². The molecule has 0 unspecified atom stereocenters. The van der Waals surface area contributed by atoms with E-state index in [-0.39, 0.29) is 0 Å². The number of hydrogen-bond donors (Lipinski definition) is 1. The Kier molecular flexibility index (Phi) is 7.15. The lowest BCUT2D eigenvalue weighted by Gasteiger charge is -2.17. The van der Waals surface area contributed by atoms with Gasteiger partial charge in [-0.15, -0.1) is 0 Å². The van der Waals surface area contributed by atoms with Gasteiger partial charge in [0.2, 0.25) is 0 Å². The Morgan fingerprint density at radius 1 is 0.842 bits per heavy atom. The van der Waals surface area contributed by atoms with Crippen LogP contribution in [0.5, 0.6) is 0 Å². The van der Waals surface area contributed by atoms with Gasteiger partial charge in [-0.25, -0.2) is 0 Å². The summed E-state index contributed by atoms with van der Waals surface area (Å²) < 4.78 is 0. The molecule has 0 atom stereocenters. The number of rotatable bonds is 9. The highest BCUT2D eigenvalue weighted by Crippen LogP contribution is 2.15. The minimum atomic E-state index is -0.610. The first kappa shape index (κ1) is 16.2. The van der Waals surface area contributed by atoms with Gasteiger partial charge in [-0.1, -0.05) is 63.3 Å². The maximum absolute atomic E-state index is 9.78. The molecule has 1 nitrogen and oxygen atoms in total. The lowest BCUT2D eigenvalue weighted by molar-refractivity contribution is 0.0810. The molecule has 19 heavy (non-hydrogen) atoms. The molecule has 0 saturated carbocycles. The number of aryl methyl sites for hydroxylation is 1. The van der Waals surface area contributed by atoms with Crippen LogP contribution in [0.1, 0.15) is 70.4 Å². The van der Waals surface area contributed by atoms with Gasteiger partial charge in [0.25, 0.3) is 0 Å². The molecular weight excluding hydrogens is 232 g/mol. The predicted octanol–water partition coefficient (Wildman–Crippen LogP) is 4.90. The van der Waals surface area contributed by atoms with E-state index in [2.05, 4.69) is 31.2 Å². The first-order valence-electron chi connectivity index (χ1n) is 7.81. The quantitative estimate of drug-likeness (QED) is 0.627. The predicted molar refractivity (Wildman–Crippen MR) is 83.5 cm³/mol. The Morgan fingerprint density at radius 2 is 1.37 bits per heavy atom. The molecule has 0 fully saturated rings. The van der Waals surface area contributed by atoms with E-state index in [0.29, 0.717) is 0 Å². The fraction of sp³-hybridized carbons (Fsp3) is 0.667. The molecule has 0 aromatic heterocycles. The summed E-state index contributed by atoms with van der Waals surface area (Å²) in [5, 5.41) is 9.78. The minimum Gasteiger partial charge on any atom is -0.390 e. The van der Waals surface area contributed by atoms with Gasteiger partial charge in [0.15, 0.2) is 0 Å². The lowest BCUT2D eigenvalue weighted by atomic mass is 9.97. The second-order valence-electron chi connectivity index (χ2n) is 6.32. The van der Waals surface area contributed by atoms with E-state index in [9.17, 15) is 5.11 Å². The van der Waals surface area contributed by atoms with Gasteiger partial charge in [0, 0.05) is 6.42 Å². The molecule has 0 heterocycles. The third kappa shape index (κ3) is 8.05. The molecule has 0 spiro atoms. The maximum atomic E-state index is 9.78. The van der Waals surface area contributed by atoms with Crippen molar-refractivity contribution in [1.82, 2.24) is 0 Å². The molecule has 1 N–H and O–H groups in total. The van der Waals surface area contributed by atoms with Crippen molar-refractivity contribution in [2.45, 2.75) is 77.7 Å². The largest absolute Gasteiger partial charge is 0.390 e. The Hall–Kier alpha value is -0.820. The second kappa shape index (κ2) is 8.37. The van der Waals surface area contributed by atoms with Gasteiger partial charge in [-0.3, -0.25) is 0 Å². The van der Waals surface area contributed by atoms with Gasteiger partial charge >= 0.3 is 0 Å². The molecule has 1 rings (SSSR count). The van der Waals surface area contributed by atoms with Crippen molar-refractivity contribution in [1.29, 1.82) is 0 Å². The van der Waals surface area contributed by atoms with Crippen LogP contribution in [0.4, 0.5) is 0 Å². The molecule has 108 valence electrons. The van der Waals surface area contributed by atoms with Crippen molar-refractivity contribution in [2.24, 2.45) is 0 Å². The van der Waals surface area contributed by atoms with Crippen molar-refractivity contribution in [2.75, 3.05) is 0 Å². The lowest BCUT2D eigenvalue weighted by Crippen LogP contribution is -2.21. The van der Waals surface area contributed by atoms with E-state index in [1.54, 1.807) is 0 Å². The van der Waals surface area contributed by atoms with Crippen LogP contribution in [0, 0.1) is 0 Å². The summed E-state index contributed by atoms with van der Waals surface area (Å²) in [5.41, 5.74) is 2.04. The summed E-state index contributed by atoms with van der Waals surface area (Å²) in [4.78, 5) is 0. The third-order valence-electron chi connectivity index (χ3n) is 3.48. The number of benzene rings is 1. The van der Waals surface area contributed by atoms with Crippen LogP contribution in [0.2, 0.25) is 0 Å². The second-order valence-corrected chi connectivity index (χ2v) is 6.32. The first-order valence-corrected chi connectivity index (χ1v) is 7.81. The summed E-state index contributed by atoms with van der Waals surface area (Å²) in [6.07, 6.45) is 10.0. The number of hydrogen-bond acceptors (Lipinski definition) is 1. The maximum Gasteiger partial charge on any atom is 0.0631 e. The molecule has 0 saturated heterocycles. The van der Waals surface area contributed by atoms with E-state index >= 15 is 0 Å². The first-order chi connectivity index (χ1) is 9.01. The fourth-order valence-electron chi connectivity index (χ4n) is 2.43. The molecule has 0 aliphatic carbocycles. The zero-order valence-corrected chi connectivity index (χ0v) is 12.9. The fourth-order valence-corrected chi connectivity index (χ4v) is 2.43. The third-order valence-corrected chi connectivity index (χ3v) is 3.48. The molecule has 0 aliphatic heterocycles. The van der Waals surface area contributed by atoms with Crippen LogP contribution in [0.3, 0.4) is 0 Å². The minimum absolute atomic E-state index is 0.610. The van der Waals surface area contributed by atoms with Gasteiger partial charge in [-0.05, 0) is 37.8 Å². The molecule has 0 amide bonds. The highest BCUT2D eigenvalue weighted by molar-refractivity contribution is 5.23. The molecular formula is C18H30O. The SMILES string of the molecule is CCCCCCCCc1ccc(CC(C)(C)O)cc1. The molecule has 0 aliphatic rings. The zero-order valence-electron chi connectivity index (χ0n) is 12.9. The van der Waals surface area contributed by atoms with E-state index < -0.39 is 5.60 Å². The van der Waals surface area contributed by atoms with Crippen LogP contribution in [0.15, 0.2) is 24.3 Å². The van der Waals surface area contributed by atoms with Crippen LogP contribution in [-0.2, 0) is 12.8 Å². The molecule has 0 bridgehead atoms. The summed E-state index contributed by atoms with van der Waals surface area (Å²) in [7, 11) is 0. The summed E-state index contributed by atoms with van der Waals surface area (Å²) in [5.74, 6) is 0. The monoisotopic (exact) mass is 262 g/mol. The molecule has 1 heteroatoms.